The Balaban J connectivity index is 1.78. The van der Waals surface area contributed by atoms with E-state index in [1.165, 1.54) is 0 Å². The molecule has 4 heteroatoms. The second kappa shape index (κ2) is 4.94. The van der Waals surface area contributed by atoms with E-state index in [0.717, 1.165) is 38.9 Å². The first-order valence-electron chi connectivity index (χ1n) is 5.86. The van der Waals surface area contributed by atoms with E-state index in [0.29, 0.717) is 18.4 Å². The maximum Gasteiger partial charge on any atom is 0.225 e. The lowest BCUT2D eigenvalue weighted by Gasteiger charge is -2.33. The summed E-state index contributed by atoms with van der Waals surface area (Å²) in [6.45, 7) is 3.23. The van der Waals surface area contributed by atoms with Gasteiger partial charge in [-0.05, 0) is 32.9 Å². The van der Waals surface area contributed by atoms with Crippen molar-refractivity contribution in [3.63, 3.8) is 0 Å². The lowest BCUT2D eigenvalue weighted by Crippen LogP contribution is -2.46. The summed E-state index contributed by atoms with van der Waals surface area (Å²) in [5.74, 6) is 0.695. The molecule has 0 aromatic rings. The van der Waals surface area contributed by atoms with Gasteiger partial charge in [-0.2, -0.15) is 0 Å². The number of carbonyl (C=O) groups excluding carboxylic acids is 1. The highest BCUT2D eigenvalue weighted by Gasteiger charge is 2.35. The Hall–Kier alpha value is -0.610. The molecular weight excluding hydrogens is 192 g/mol. The van der Waals surface area contributed by atoms with Crippen LogP contribution in [0.2, 0.25) is 0 Å². The quantitative estimate of drug-likeness (QED) is 0.725. The van der Waals surface area contributed by atoms with E-state index in [9.17, 15) is 4.79 Å². The van der Waals surface area contributed by atoms with Crippen LogP contribution in [-0.2, 0) is 9.53 Å². The normalized spacial score (nSPS) is 26.7. The van der Waals surface area contributed by atoms with E-state index < -0.39 is 0 Å². The second-order valence-electron chi connectivity index (χ2n) is 4.44. The summed E-state index contributed by atoms with van der Waals surface area (Å²) in [6, 6.07) is 0. The minimum absolute atomic E-state index is 0.230. The largest absolute Gasteiger partial charge is 0.374 e. The van der Waals surface area contributed by atoms with E-state index in [1.54, 1.807) is 0 Å². The number of hydrogen-bond donors (Lipinski definition) is 1. The number of rotatable bonds is 4. The molecule has 0 bridgehead atoms. The molecule has 1 unspecified atom stereocenters. The van der Waals surface area contributed by atoms with Crippen LogP contribution in [0.3, 0.4) is 0 Å². The Morgan fingerprint density at radius 2 is 2.33 bits per heavy atom. The van der Waals surface area contributed by atoms with Crippen molar-refractivity contribution in [2.24, 2.45) is 5.92 Å². The molecule has 1 saturated heterocycles. The first kappa shape index (κ1) is 10.9. The van der Waals surface area contributed by atoms with Gasteiger partial charge in [-0.3, -0.25) is 4.79 Å². The number of hydrogen-bond acceptors (Lipinski definition) is 3. The summed E-state index contributed by atoms with van der Waals surface area (Å²) >= 11 is 0. The Morgan fingerprint density at radius 3 is 3.00 bits per heavy atom. The average Bonchev–Trinajstić information content (AvgIpc) is 3.09. The van der Waals surface area contributed by atoms with Crippen LogP contribution in [-0.4, -0.2) is 50.2 Å². The van der Waals surface area contributed by atoms with Gasteiger partial charge < -0.3 is 15.0 Å². The fourth-order valence-corrected chi connectivity index (χ4v) is 1.99. The SMILES string of the molecule is CNCCC1CN(C(=O)C2CC2)CCO1. The van der Waals surface area contributed by atoms with E-state index in [-0.39, 0.29) is 6.10 Å². The lowest BCUT2D eigenvalue weighted by atomic mass is 10.2. The fraction of sp³-hybridized carbons (Fsp3) is 0.909. The number of carbonyl (C=O) groups is 1. The topological polar surface area (TPSA) is 41.6 Å². The van der Waals surface area contributed by atoms with Gasteiger partial charge in [-0.15, -0.1) is 0 Å². The molecule has 1 heterocycles. The molecule has 2 aliphatic rings. The van der Waals surface area contributed by atoms with Crippen molar-refractivity contribution >= 4 is 5.91 Å². The molecule has 1 saturated carbocycles. The highest BCUT2D eigenvalue weighted by molar-refractivity contribution is 5.81. The van der Waals surface area contributed by atoms with Gasteiger partial charge in [0, 0.05) is 19.0 Å². The minimum Gasteiger partial charge on any atom is -0.374 e. The van der Waals surface area contributed by atoms with Crippen LogP contribution in [0.1, 0.15) is 19.3 Å². The Bertz CT molecular complexity index is 229. The standard InChI is InChI=1S/C11H20N2O2/c1-12-5-4-10-8-13(6-7-15-10)11(14)9-2-3-9/h9-10,12H,2-8H2,1H3. The molecular formula is C11H20N2O2. The number of nitrogens with one attached hydrogen (secondary N) is 1. The van der Waals surface area contributed by atoms with Crippen LogP contribution in [0.25, 0.3) is 0 Å². The molecule has 4 nitrogen and oxygen atoms in total. The third-order valence-electron chi connectivity index (χ3n) is 3.09. The van der Waals surface area contributed by atoms with Gasteiger partial charge in [0.15, 0.2) is 0 Å². The third-order valence-corrected chi connectivity index (χ3v) is 3.09. The zero-order valence-corrected chi connectivity index (χ0v) is 9.37. The van der Waals surface area contributed by atoms with Crippen molar-refractivity contribution in [2.45, 2.75) is 25.4 Å². The molecule has 1 aliphatic carbocycles. The van der Waals surface area contributed by atoms with Crippen LogP contribution >= 0.6 is 0 Å². The van der Waals surface area contributed by atoms with Crippen molar-refractivity contribution < 1.29 is 9.53 Å². The first-order chi connectivity index (χ1) is 7.31. The van der Waals surface area contributed by atoms with Crippen molar-refractivity contribution in [3.8, 4) is 0 Å². The van der Waals surface area contributed by atoms with Crippen LogP contribution in [0.5, 0.6) is 0 Å². The minimum atomic E-state index is 0.230. The average molecular weight is 212 g/mol. The molecule has 1 atom stereocenters. The van der Waals surface area contributed by atoms with Crippen molar-refractivity contribution in [2.75, 3.05) is 33.3 Å². The maximum atomic E-state index is 11.8. The number of nitrogens with zero attached hydrogens (tertiary/aromatic N) is 1. The van der Waals surface area contributed by atoms with E-state index in [4.69, 9.17) is 4.74 Å². The van der Waals surface area contributed by atoms with Crippen molar-refractivity contribution in [1.29, 1.82) is 0 Å². The molecule has 2 fully saturated rings. The molecule has 0 aromatic heterocycles. The molecule has 15 heavy (non-hydrogen) atoms. The molecule has 1 N–H and O–H groups in total. The lowest BCUT2D eigenvalue weighted by molar-refractivity contribution is -0.140. The van der Waals surface area contributed by atoms with Crippen LogP contribution in [0.15, 0.2) is 0 Å². The van der Waals surface area contributed by atoms with Crippen LogP contribution < -0.4 is 5.32 Å². The van der Waals surface area contributed by atoms with Gasteiger partial charge in [0.25, 0.3) is 0 Å². The van der Waals surface area contributed by atoms with E-state index in [2.05, 4.69) is 5.32 Å². The van der Waals surface area contributed by atoms with Gasteiger partial charge in [-0.25, -0.2) is 0 Å². The summed E-state index contributed by atoms with van der Waals surface area (Å²) in [5.41, 5.74) is 0. The molecule has 2 rings (SSSR count). The number of amides is 1. The summed E-state index contributed by atoms with van der Waals surface area (Å²) in [7, 11) is 1.94. The van der Waals surface area contributed by atoms with E-state index in [1.807, 2.05) is 11.9 Å². The fourth-order valence-electron chi connectivity index (χ4n) is 1.99. The molecule has 1 aliphatic heterocycles. The first-order valence-corrected chi connectivity index (χ1v) is 5.86. The molecule has 86 valence electrons. The number of morpholine rings is 1. The van der Waals surface area contributed by atoms with Gasteiger partial charge in [0.1, 0.15) is 0 Å². The van der Waals surface area contributed by atoms with Gasteiger partial charge in [-0.1, -0.05) is 0 Å². The Kier molecular flexibility index (Phi) is 3.59. The predicted octanol–water partition coefficient (Wildman–Crippen LogP) is 0.233. The highest BCUT2D eigenvalue weighted by Crippen LogP contribution is 2.31. The summed E-state index contributed by atoms with van der Waals surface area (Å²) < 4.78 is 5.63. The van der Waals surface area contributed by atoms with Gasteiger partial charge >= 0.3 is 0 Å². The van der Waals surface area contributed by atoms with Crippen LogP contribution in [0.4, 0.5) is 0 Å². The van der Waals surface area contributed by atoms with Crippen molar-refractivity contribution in [3.05, 3.63) is 0 Å². The molecule has 0 spiro atoms. The van der Waals surface area contributed by atoms with Gasteiger partial charge in [0.05, 0.1) is 12.7 Å². The van der Waals surface area contributed by atoms with E-state index >= 15 is 0 Å². The predicted molar refractivity (Wildman–Crippen MR) is 57.6 cm³/mol. The Morgan fingerprint density at radius 1 is 1.53 bits per heavy atom. The zero-order valence-electron chi connectivity index (χ0n) is 9.37. The molecule has 1 amide bonds. The van der Waals surface area contributed by atoms with Crippen molar-refractivity contribution in [1.82, 2.24) is 10.2 Å². The summed E-state index contributed by atoms with van der Waals surface area (Å²) in [6.07, 6.45) is 3.41. The summed E-state index contributed by atoms with van der Waals surface area (Å²) in [4.78, 5) is 13.8. The molecule has 0 aromatic carbocycles. The third kappa shape index (κ3) is 2.92. The van der Waals surface area contributed by atoms with Crippen LogP contribution in [0, 0.1) is 5.92 Å². The smallest absolute Gasteiger partial charge is 0.225 e. The number of ether oxygens (including phenoxy) is 1. The van der Waals surface area contributed by atoms with Gasteiger partial charge in [0.2, 0.25) is 5.91 Å². The maximum absolute atomic E-state index is 11.8. The molecule has 0 radical (unpaired) electrons. The zero-order chi connectivity index (χ0) is 10.7. The second-order valence-corrected chi connectivity index (χ2v) is 4.44. The Labute approximate surface area is 91.0 Å². The summed E-state index contributed by atoms with van der Waals surface area (Å²) in [5, 5.41) is 3.11. The highest BCUT2D eigenvalue weighted by atomic mass is 16.5. The monoisotopic (exact) mass is 212 g/mol.